The Balaban J connectivity index is 1.44. The molecule has 3 aliphatic rings. The van der Waals surface area contributed by atoms with Gasteiger partial charge in [0.15, 0.2) is 11.6 Å². The lowest BCUT2D eigenvalue weighted by molar-refractivity contribution is -0.123. The number of halogens is 2. The molecule has 3 aromatic carbocycles. The topological polar surface area (TPSA) is 84.0 Å². The first-order valence-electron chi connectivity index (χ1n) is 12.6. The molecular formula is C31H22BrFN2O5. The minimum atomic E-state index is -1.09. The maximum Gasteiger partial charge on any atom is 0.240 e. The summed E-state index contributed by atoms with van der Waals surface area (Å²) in [6.45, 7) is 0. The van der Waals surface area contributed by atoms with Gasteiger partial charge in [0.05, 0.1) is 35.1 Å². The van der Waals surface area contributed by atoms with Crippen molar-refractivity contribution in [2.24, 2.45) is 11.8 Å². The van der Waals surface area contributed by atoms with Gasteiger partial charge in [-0.05, 0) is 52.3 Å². The van der Waals surface area contributed by atoms with Crippen LogP contribution in [0.5, 0.6) is 5.75 Å². The van der Waals surface area contributed by atoms with E-state index in [-0.39, 0.29) is 17.3 Å². The summed E-state index contributed by atoms with van der Waals surface area (Å²) in [5, 5.41) is 0. The van der Waals surface area contributed by atoms with Crippen molar-refractivity contribution < 1.29 is 28.3 Å². The Morgan fingerprint density at radius 1 is 0.900 bits per heavy atom. The number of carbonyl (C=O) groups is 4. The Morgan fingerprint density at radius 3 is 2.30 bits per heavy atom. The van der Waals surface area contributed by atoms with Gasteiger partial charge >= 0.3 is 0 Å². The third-order valence-corrected chi connectivity index (χ3v) is 8.26. The maximum atomic E-state index is 14.8. The lowest BCUT2D eigenvalue weighted by atomic mass is 9.85. The van der Waals surface area contributed by atoms with Crippen LogP contribution in [0.2, 0.25) is 0 Å². The second-order valence-electron chi connectivity index (χ2n) is 9.74. The number of allylic oxidation sites excluding steroid dienone is 2. The number of amides is 2. The average molecular weight is 601 g/mol. The highest BCUT2D eigenvalue weighted by molar-refractivity contribution is 9.10. The van der Waals surface area contributed by atoms with Crippen molar-refractivity contribution in [3.8, 4) is 5.75 Å². The number of methoxy groups -OCH3 is 1. The summed E-state index contributed by atoms with van der Waals surface area (Å²) in [6, 6.07) is 17.3. The molecule has 3 heterocycles. The summed E-state index contributed by atoms with van der Waals surface area (Å²) in [7, 11) is 1.51. The van der Waals surface area contributed by atoms with Crippen LogP contribution >= 0.6 is 15.9 Å². The van der Waals surface area contributed by atoms with Gasteiger partial charge in [-0.2, -0.15) is 0 Å². The predicted molar refractivity (Wildman–Crippen MR) is 148 cm³/mol. The molecule has 0 N–H and O–H groups in total. The second-order valence-corrected chi connectivity index (χ2v) is 10.6. The molecule has 0 aliphatic carbocycles. The van der Waals surface area contributed by atoms with Crippen molar-refractivity contribution in [2.75, 3.05) is 12.0 Å². The molecule has 2 amide bonds. The Kier molecular flexibility index (Phi) is 6.46. The Hall–Kier alpha value is -4.37. The standard InChI is InChI=1S/C31H22BrFN2O5/c1-40-24-12-11-18(15-20(24)32)29(37)27-26-25(30(38)35(31(26)39)22-10-6-5-9-21(22)33)23-16-19(13-14-34(23)27)28(36)17-7-3-2-4-8-17/h2-16,23,25-27H,1H3/t23-,25+,26+,27-/m0/s1. The van der Waals surface area contributed by atoms with Gasteiger partial charge in [0.25, 0.3) is 0 Å². The number of hydrogen-bond donors (Lipinski definition) is 0. The minimum Gasteiger partial charge on any atom is -0.496 e. The average Bonchev–Trinajstić information content (AvgIpc) is 3.44. The molecule has 40 heavy (non-hydrogen) atoms. The third kappa shape index (κ3) is 4.00. The van der Waals surface area contributed by atoms with E-state index in [2.05, 4.69) is 15.9 Å². The zero-order valence-electron chi connectivity index (χ0n) is 21.2. The maximum absolute atomic E-state index is 14.8. The Morgan fingerprint density at radius 2 is 1.60 bits per heavy atom. The Labute approximate surface area is 237 Å². The molecular weight excluding hydrogens is 579 g/mol. The number of para-hydroxylation sites is 1. The van der Waals surface area contributed by atoms with E-state index in [1.165, 1.54) is 31.4 Å². The van der Waals surface area contributed by atoms with Gasteiger partial charge in [0.1, 0.15) is 17.6 Å². The van der Waals surface area contributed by atoms with Gasteiger partial charge in [-0.15, -0.1) is 0 Å². The highest BCUT2D eigenvalue weighted by atomic mass is 79.9. The molecule has 200 valence electrons. The van der Waals surface area contributed by atoms with Gasteiger partial charge in [0, 0.05) is 22.9 Å². The van der Waals surface area contributed by atoms with E-state index < -0.39 is 41.6 Å². The summed E-state index contributed by atoms with van der Waals surface area (Å²) in [5.41, 5.74) is 0.966. The highest BCUT2D eigenvalue weighted by Crippen LogP contribution is 2.47. The van der Waals surface area contributed by atoms with E-state index in [9.17, 15) is 23.6 Å². The molecule has 0 unspecified atom stereocenters. The minimum absolute atomic E-state index is 0.159. The molecule has 2 fully saturated rings. The van der Waals surface area contributed by atoms with E-state index in [0.29, 0.717) is 26.9 Å². The molecule has 3 aliphatic heterocycles. The van der Waals surface area contributed by atoms with Crippen molar-refractivity contribution in [3.05, 3.63) is 118 Å². The summed E-state index contributed by atoms with van der Waals surface area (Å²) in [6.07, 6.45) is 4.84. The first kappa shape index (κ1) is 25.9. The van der Waals surface area contributed by atoms with Crippen LogP contribution in [-0.4, -0.2) is 47.5 Å². The number of anilines is 1. The molecule has 0 spiro atoms. The lowest BCUT2D eigenvalue weighted by Gasteiger charge is -2.33. The number of nitrogens with zero attached hydrogens (tertiary/aromatic N) is 2. The number of Topliss-reactive ketones (excluding diaryl/α,β-unsaturated/α-hetero) is 2. The molecule has 0 bridgehead atoms. The quantitative estimate of drug-likeness (QED) is 0.293. The van der Waals surface area contributed by atoms with E-state index in [4.69, 9.17) is 4.74 Å². The van der Waals surface area contributed by atoms with Crippen LogP contribution in [0.1, 0.15) is 20.7 Å². The van der Waals surface area contributed by atoms with Crippen LogP contribution in [-0.2, 0) is 9.59 Å². The van der Waals surface area contributed by atoms with Crippen LogP contribution in [0, 0.1) is 17.7 Å². The molecule has 0 aromatic heterocycles. The fourth-order valence-corrected chi connectivity index (χ4v) is 6.36. The Bertz CT molecular complexity index is 1640. The van der Waals surface area contributed by atoms with Crippen molar-refractivity contribution in [1.29, 1.82) is 0 Å². The molecule has 6 rings (SSSR count). The zero-order valence-corrected chi connectivity index (χ0v) is 22.7. The smallest absolute Gasteiger partial charge is 0.240 e. The van der Waals surface area contributed by atoms with Crippen LogP contribution < -0.4 is 9.64 Å². The van der Waals surface area contributed by atoms with Crippen LogP contribution in [0.25, 0.3) is 0 Å². The first-order chi connectivity index (χ1) is 19.3. The fraction of sp³-hybridized carbons (Fsp3) is 0.161. The van der Waals surface area contributed by atoms with Crippen molar-refractivity contribution in [2.45, 2.75) is 12.1 Å². The second kappa shape index (κ2) is 9.98. The van der Waals surface area contributed by atoms with E-state index >= 15 is 0 Å². The normalized spacial score (nSPS) is 23.1. The number of ether oxygens (including phenoxy) is 1. The van der Waals surface area contributed by atoms with Gasteiger partial charge < -0.3 is 9.64 Å². The summed E-state index contributed by atoms with van der Waals surface area (Å²) in [4.78, 5) is 57.5. The summed E-state index contributed by atoms with van der Waals surface area (Å²) >= 11 is 3.40. The third-order valence-electron chi connectivity index (χ3n) is 7.64. The monoisotopic (exact) mass is 600 g/mol. The zero-order chi connectivity index (χ0) is 28.1. The van der Waals surface area contributed by atoms with E-state index in [1.807, 2.05) is 0 Å². The first-order valence-corrected chi connectivity index (χ1v) is 13.4. The van der Waals surface area contributed by atoms with Gasteiger partial charge in [-0.25, -0.2) is 9.29 Å². The summed E-state index contributed by atoms with van der Waals surface area (Å²) < 4.78 is 20.6. The molecule has 2 saturated heterocycles. The lowest BCUT2D eigenvalue weighted by Crippen LogP contribution is -2.46. The van der Waals surface area contributed by atoms with Gasteiger partial charge in [-0.3, -0.25) is 19.2 Å². The van der Waals surface area contributed by atoms with Crippen molar-refractivity contribution >= 4 is 45.0 Å². The van der Waals surface area contributed by atoms with Crippen LogP contribution in [0.15, 0.2) is 101 Å². The van der Waals surface area contributed by atoms with Crippen LogP contribution in [0.3, 0.4) is 0 Å². The molecule has 4 atom stereocenters. The number of carbonyl (C=O) groups excluding carboxylic acids is 4. The molecule has 7 nitrogen and oxygen atoms in total. The predicted octanol–water partition coefficient (Wildman–Crippen LogP) is 4.97. The number of benzene rings is 3. The largest absolute Gasteiger partial charge is 0.496 e. The fourth-order valence-electron chi connectivity index (χ4n) is 5.81. The number of imide groups is 1. The van der Waals surface area contributed by atoms with Gasteiger partial charge in [-0.1, -0.05) is 48.5 Å². The highest BCUT2D eigenvalue weighted by Gasteiger charge is 2.63. The van der Waals surface area contributed by atoms with Crippen LogP contribution in [0.4, 0.5) is 10.1 Å². The number of ketones is 2. The number of fused-ring (bicyclic) bond motifs is 3. The van der Waals surface area contributed by atoms with E-state index in [1.54, 1.807) is 71.8 Å². The molecule has 0 saturated carbocycles. The molecule has 9 heteroatoms. The molecule has 0 radical (unpaired) electrons. The van der Waals surface area contributed by atoms with Gasteiger partial charge in [0.2, 0.25) is 11.8 Å². The van der Waals surface area contributed by atoms with Crippen molar-refractivity contribution in [1.82, 2.24) is 4.90 Å². The molecule has 3 aromatic rings. The SMILES string of the molecule is COc1ccc(C(=O)[C@@H]2[C@@H]3C(=O)N(c4ccccc4F)C(=O)[C@@H]3[C@@H]3C=C(C(=O)c4ccccc4)C=CN23)cc1Br. The summed E-state index contributed by atoms with van der Waals surface area (Å²) in [5.74, 6) is -4.16. The number of hydrogen-bond acceptors (Lipinski definition) is 6. The number of rotatable bonds is 6. The van der Waals surface area contributed by atoms with Crippen molar-refractivity contribution in [3.63, 3.8) is 0 Å². The van der Waals surface area contributed by atoms with E-state index in [0.717, 1.165) is 4.90 Å².